The zero-order chi connectivity index (χ0) is 20.7. The van der Waals surface area contributed by atoms with Crippen molar-refractivity contribution in [2.24, 2.45) is 0 Å². The van der Waals surface area contributed by atoms with Gasteiger partial charge >= 0.3 is 0 Å². The predicted molar refractivity (Wildman–Crippen MR) is 131 cm³/mol. The van der Waals surface area contributed by atoms with Gasteiger partial charge in [0.2, 0.25) is 0 Å². The van der Waals surface area contributed by atoms with Crippen molar-refractivity contribution in [3.05, 3.63) is 101 Å². The van der Waals surface area contributed by atoms with Gasteiger partial charge in [-0.05, 0) is 81.1 Å². The molecule has 0 amide bonds. The minimum atomic E-state index is 0.717. The van der Waals surface area contributed by atoms with Crippen LogP contribution in [0.5, 0.6) is 0 Å². The lowest BCUT2D eigenvalue weighted by Gasteiger charge is -2.24. The Bertz CT molecular complexity index is 1260. The normalized spacial score (nSPS) is 12.0. The number of fused-ring (bicyclic) bond motifs is 2. The van der Waals surface area contributed by atoms with E-state index in [9.17, 15) is 0 Å². The first-order chi connectivity index (χ1) is 14.7. The Hall–Kier alpha value is -3.06. The van der Waals surface area contributed by atoms with Crippen molar-refractivity contribution in [3.63, 3.8) is 0 Å². The summed E-state index contributed by atoms with van der Waals surface area (Å²) in [6.45, 7) is 6.22. The molecule has 0 aromatic heterocycles. The lowest BCUT2D eigenvalue weighted by atomic mass is 9.79. The lowest BCUT2D eigenvalue weighted by molar-refractivity contribution is 0.926. The Morgan fingerprint density at radius 2 is 1.60 bits per heavy atom. The Morgan fingerprint density at radius 3 is 2.37 bits per heavy atom. The monoisotopic (exact) mass is 384 g/mol. The maximum absolute atomic E-state index is 5.81. The van der Waals surface area contributed by atoms with Gasteiger partial charge in [0.15, 0.2) is 0 Å². The third-order valence-electron chi connectivity index (χ3n) is 6.40. The fourth-order valence-electron chi connectivity index (χ4n) is 4.82. The van der Waals surface area contributed by atoms with E-state index in [0.29, 0.717) is 0 Å². The van der Waals surface area contributed by atoms with Crippen molar-refractivity contribution >= 4 is 24.7 Å². The molecule has 0 N–H and O–H groups in total. The van der Waals surface area contributed by atoms with Crippen molar-refractivity contribution in [2.75, 3.05) is 0 Å². The van der Waals surface area contributed by atoms with E-state index in [1.165, 1.54) is 60.8 Å². The van der Waals surface area contributed by atoms with E-state index >= 15 is 0 Å². The molecule has 0 atom stereocenters. The SMILES string of the molecule is [B]CCCc1ccc2c3c(ccc(C=C)c13)-c1cc(-c3ccc(C)cc3)ccc1C2. The molecule has 1 aliphatic rings. The van der Waals surface area contributed by atoms with Gasteiger partial charge in [-0.25, -0.2) is 0 Å². The van der Waals surface area contributed by atoms with Gasteiger partial charge in [-0.1, -0.05) is 91.6 Å². The Morgan fingerprint density at radius 1 is 0.833 bits per heavy atom. The van der Waals surface area contributed by atoms with Crippen LogP contribution < -0.4 is 0 Å². The average molecular weight is 384 g/mol. The molecule has 144 valence electrons. The molecule has 0 fully saturated rings. The van der Waals surface area contributed by atoms with E-state index in [0.717, 1.165) is 25.6 Å². The van der Waals surface area contributed by atoms with Crippen molar-refractivity contribution < 1.29 is 0 Å². The highest BCUT2D eigenvalue weighted by molar-refractivity contribution is 6.09. The summed E-state index contributed by atoms with van der Waals surface area (Å²) in [5.41, 5.74) is 12.0. The molecule has 0 saturated heterocycles. The molecule has 0 heterocycles. The molecule has 4 aromatic rings. The topological polar surface area (TPSA) is 0 Å². The Labute approximate surface area is 180 Å². The van der Waals surface area contributed by atoms with Gasteiger partial charge in [0, 0.05) is 0 Å². The van der Waals surface area contributed by atoms with Gasteiger partial charge in [-0.2, -0.15) is 0 Å². The first-order valence-electron chi connectivity index (χ1n) is 10.8. The van der Waals surface area contributed by atoms with Gasteiger partial charge in [0.1, 0.15) is 0 Å². The van der Waals surface area contributed by atoms with Crippen molar-refractivity contribution in [2.45, 2.75) is 32.5 Å². The predicted octanol–water partition coefficient (Wildman–Crippen LogP) is 7.55. The van der Waals surface area contributed by atoms with Crippen LogP contribution in [0, 0.1) is 6.92 Å². The van der Waals surface area contributed by atoms with Gasteiger partial charge in [-0.3, -0.25) is 0 Å². The van der Waals surface area contributed by atoms with Gasteiger partial charge in [0.25, 0.3) is 0 Å². The van der Waals surface area contributed by atoms with Crippen LogP contribution in [0.25, 0.3) is 39.1 Å². The maximum atomic E-state index is 5.81. The van der Waals surface area contributed by atoms with E-state index in [4.69, 9.17) is 7.85 Å². The first kappa shape index (κ1) is 18.9. The molecule has 30 heavy (non-hydrogen) atoms. The van der Waals surface area contributed by atoms with Crippen molar-refractivity contribution in [3.8, 4) is 22.3 Å². The van der Waals surface area contributed by atoms with Crippen molar-refractivity contribution in [1.29, 1.82) is 0 Å². The fraction of sp³-hybridized carbons (Fsp3) is 0.172. The summed E-state index contributed by atoms with van der Waals surface area (Å²) in [5.74, 6) is 0. The smallest absolute Gasteiger partial charge is 0.0653 e. The highest BCUT2D eigenvalue weighted by Crippen LogP contribution is 2.43. The fourth-order valence-corrected chi connectivity index (χ4v) is 4.82. The lowest BCUT2D eigenvalue weighted by Crippen LogP contribution is -2.04. The molecule has 0 spiro atoms. The molecule has 0 bridgehead atoms. The minimum Gasteiger partial charge on any atom is -0.0984 e. The van der Waals surface area contributed by atoms with Gasteiger partial charge in [-0.15, -0.1) is 0 Å². The van der Waals surface area contributed by atoms with Crippen LogP contribution in [0.1, 0.15) is 34.2 Å². The Kier molecular flexibility index (Phi) is 4.83. The number of aryl methyl sites for hydroxylation is 2. The quantitative estimate of drug-likeness (QED) is 0.275. The second-order valence-corrected chi connectivity index (χ2v) is 8.35. The van der Waals surface area contributed by atoms with E-state index in [1.54, 1.807) is 0 Å². The Balaban J connectivity index is 1.74. The molecular weight excluding hydrogens is 359 g/mol. The molecule has 0 aliphatic heterocycles. The van der Waals surface area contributed by atoms with Crippen LogP contribution in [0.4, 0.5) is 0 Å². The molecule has 2 radical (unpaired) electrons. The number of benzene rings is 4. The summed E-state index contributed by atoms with van der Waals surface area (Å²) in [6, 6.07) is 24.9. The summed E-state index contributed by atoms with van der Waals surface area (Å²) in [6.07, 6.45) is 5.70. The van der Waals surface area contributed by atoms with Crippen LogP contribution in [-0.2, 0) is 12.8 Å². The largest absolute Gasteiger partial charge is 0.0984 e. The second kappa shape index (κ2) is 7.65. The molecule has 5 rings (SSSR count). The standard InChI is InChI=1S/C29H25B/c1-3-20-14-15-26-27-18-23(21-8-6-19(2)7-9-21)11-12-24(27)17-25-13-10-22(5-4-16-30)28(20)29(25)26/h3,6-15,18H,1,4-5,16-17H2,2H3. The molecule has 4 aromatic carbocycles. The third-order valence-corrected chi connectivity index (χ3v) is 6.40. The number of hydrogen-bond donors (Lipinski definition) is 0. The van der Waals surface area contributed by atoms with Crippen LogP contribution >= 0.6 is 0 Å². The van der Waals surface area contributed by atoms with E-state index in [-0.39, 0.29) is 0 Å². The van der Waals surface area contributed by atoms with Crippen LogP contribution in [0.3, 0.4) is 0 Å². The molecular formula is C29H25B. The first-order valence-corrected chi connectivity index (χ1v) is 10.8. The summed E-state index contributed by atoms with van der Waals surface area (Å²) in [7, 11) is 5.81. The van der Waals surface area contributed by atoms with E-state index in [2.05, 4.69) is 80.2 Å². The third kappa shape index (κ3) is 3.10. The molecule has 0 unspecified atom stereocenters. The van der Waals surface area contributed by atoms with E-state index < -0.39 is 0 Å². The van der Waals surface area contributed by atoms with Crippen LogP contribution in [-0.4, -0.2) is 7.85 Å². The number of rotatable bonds is 5. The zero-order valence-electron chi connectivity index (χ0n) is 17.5. The molecule has 0 saturated carbocycles. The van der Waals surface area contributed by atoms with E-state index in [1.807, 2.05) is 6.08 Å². The van der Waals surface area contributed by atoms with Crippen molar-refractivity contribution in [1.82, 2.24) is 0 Å². The summed E-state index contributed by atoms with van der Waals surface area (Å²) in [5, 5.41) is 2.76. The van der Waals surface area contributed by atoms with Crippen LogP contribution in [0.2, 0.25) is 6.32 Å². The summed E-state index contributed by atoms with van der Waals surface area (Å²) < 4.78 is 0. The molecule has 1 heteroatoms. The van der Waals surface area contributed by atoms with Gasteiger partial charge in [0.05, 0.1) is 7.85 Å². The second-order valence-electron chi connectivity index (χ2n) is 8.35. The summed E-state index contributed by atoms with van der Waals surface area (Å²) in [4.78, 5) is 0. The zero-order valence-corrected chi connectivity index (χ0v) is 17.5. The average Bonchev–Trinajstić information content (AvgIpc) is 2.79. The number of hydrogen-bond acceptors (Lipinski definition) is 0. The van der Waals surface area contributed by atoms with Gasteiger partial charge < -0.3 is 0 Å². The summed E-state index contributed by atoms with van der Waals surface area (Å²) >= 11 is 0. The maximum Gasteiger partial charge on any atom is 0.0653 e. The minimum absolute atomic E-state index is 0.717. The van der Waals surface area contributed by atoms with Crippen LogP contribution in [0.15, 0.2) is 73.3 Å². The molecule has 0 nitrogen and oxygen atoms in total. The molecule has 1 aliphatic carbocycles. The highest BCUT2D eigenvalue weighted by atomic mass is 14.2. The highest BCUT2D eigenvalue weighted by Gasteiger charge is 2.21.